The highest BCUT2D eigenvalue weighted by molar-refractivity contribution is 7.07. The van der Waals surface area contributed by atoms with Crippen molar-refractivity contribution in [1.82, 2.24) is 20.0 Å². The molecule has 6 nitrogen and oxygen atoms in total. The fourth-order valence-electron chi connectivity index (χ4n) is 2.28. The summed E-state index contributed by atoms with van der Waals surface area (Å²) in [5, 5.41) is 10.7. The summed E-state index contributed by atoms with van der Waals surface area (Å²) < 4.78 is 1.61. The van der Waals surface area contributed by atoms with E-state index in [9.17, 15) is 9.59 Å². The molecule has 1 atom stereocenters. The summed E-state index contributed by atoms with van der Waals surface area (Å²) in [4.78, 5) is 25.9. The van der Waals surface area contributed by atoms with E-state index in [-0.39, 0.29) is 11.9 Å². The van der Waals surface area contributed by atoms with Crippen LogP contribution in [-0.2, 0) is 23.9 Å². The van der Waals surface area contributed by atoms with Crippen molar-refractivity contribution in [3.63, 3.8) is 0 Å². The Balaban J connectivity index is 1.90. The van der Waals surface area contributed by atoms with Crippen LogP contribution >= 0.6 is 11.3 Å². The largest absolute Gasteiger partial charge is 0.325 e. The van der Waals surface area contributed by atoms with Gasteiger partial charge in [-0.15, -0.1) is 0 Å². The Morgan fingerprint density at radius 2 is 2.25 bits per heavy atom. The van der Waals surface area contributed by atoms with Crippen molar-refractivity contribution < 1.29 is 9.59 Å². The first-order valence-corrected chi connectivity index (χ1v) is 7.09. The molecule has 2 aromatic rings. The van der Waals surface area contributed by atoms with Crippen LogP contribution in [0.15, 0.2) is 29.2 Å². The van der Waals surface area contributed by atoms with Crippen molar-refractivity contribution in [2.45, 2.75) is 19.0 Å². The first-order valence-electron chi connectivity index (χ1n) is 6.15. The topological polar surface area (TPSA) is 67.2 Å². The van der Waals surface area contributed by atoms with E-state index in [1.54, 1.807) is 42.4 Å². The number of thiophene rings is 1. The first-order chi connectivity index (χ1) is 9.50. The Morgan fingerprint density at radius 1 is 1.45 bits per heavy atom. The van der Waals surface area contributed by atoms with E-state index in [0.717, 1.165) is 5.56 Å². The molecule has 1 unspecified atom stereocenters. The van der Waals surface area contributed by atoms with Crippen LogP contribution in [0.5, 0.6) is 0 Å². The van der Waals surface area contributed by atoms with Crippen molar-refractivity contribution in [3.05, 3.63) is 40.3 Å². The zero-order valence-electron chi connectivity index (χ0n) is 11.2. The fourth-order valence-corrected chi connectivity index (χ4v) is 2.94. The average Bonchev–Trinajstić information content (AvgIpc) is 3.09. The number of aryl methyl sites for hydroxylation is 1. The lowest BCUT2D eigenvalue weighted by molar-refractivity contribution is -0.131. The van der Waals surface area contributed by atoms with Crippen LogP contribution in [-0.4, -0.2) is 26.6 Å². The minimum atomic E-state index is -1.04. The van der Waals surface area contributed by atoms with Crippen LogP contribution in [0, 0.1) is 0 Å². The molecular weight excluding hydrogens is 276 g/mol. The fraction of sp³-hybridized carbons (Fsp3) is 0.308. The van der Waals surface area contributed by atoms with Gasteiger partial charge in [-0.25, -0.2) is 4.79 Å². The molecule has 0 radical (unpaired) electrons. The maximum atomic E-state index is 12.6. The van der Waals surface area contributed by atoms with Gasteiger partial charge < -0.3 is 5.32 Å². The molecule has 1 N–H and O–H groups in total. The number of rotatable bonds is 3. The molecule has 0 bridgehead atoms. The van der Waals surface area contributed by atoms with Crippen LogP contribution in [0.2, 0.25) is 0 Å². The summed E-state index contributed by atoms with van der Waals surface area (Å²) >= 11 is 1.54. The highest BCUT2D eigenvalue weighted by atomic mass is 32.1. The third kappa shape index (κ3) is 1.90. The second kappa shape index (κ2) is 4.45. The molecule has 3 amide bonds. The molecule has 3 heterocycles. The highest BCUT2D eigenvalue weighted by Gasteiger charge is 2.49. The zero-order chi connectivity index (χ0) is 14.3. The SMILES string of the molecule is Cn1cc(C2(C)NC(=O)N(Cc3ccsc3)C2=O)cn1. The molecule has 1 aliphatic heterocycles. The van der Waals surface area contributed by atoms with E-state index in [1.807, 2.05) is 16.8 Å². The molecule has 7 heteroatoms. The zero-order valence-corrected chi connectivity index (χ0v) is 12.0. The van der Waals surface area contributed by atoms with Crippen LogP contribution in [0.1, 0.15) is 18.1 Å². The quantitative estimate of drug-likeness (QED) is 0.870. The number of nitrogens with one attached hydrogen (secondary N) is 1. The summed E-state index contributed by atoms with van der Waals surface area (Å²) in [6.07, 6.45) is 3.35. The molecule has 104 valence electrons. The first kappa shape index (κ1) is 12.9. The number of imide groups is 1. The summed E-state index contributed by atoms with van der Waals surface area (Å²) in [5.41, 5.74) is 0.599. The lowest BCUT2D eigenvalue weighted by Gasteiger charge is -2.19. The molecule has 0 saturated carbocycles. The molecule has 1 saturated heterocycles. The van der Waals surface area contributed by atoms with Gasteiger partial charge in [-0.3, -0.25) is 14.4 Å². The van der Waals surface area contributed by atoms with Crippen molar-refractivity contribution >= 4 is 23.3 Å². The molecule has 1 fully saturated rings. The number of hydrogen-bond acceptors (Lipinski definition) is 4. The van der Waals surface area contributed by atoms with Gasteiger partial charge in [0.05, 0.1) is 12.7 Å². The standard InChI is InChI=1S/C13H14N4O2S/c1-13(10-5-14-16(2)7-10)11(18)17(12(19)15-13)6-9-3-4-20-8-9/h3-5,7-8H,6H2,1-2H3,(H,15,19). The number of carbonyl (C=O) groups excluding carboxylic acids is 2. The van der Waals surface area contributed by atoms with Crippen LogP contribution in [0.3, 0.4) is 0 Å². The van der Waals surface area contributed by atoms with Gasteiger partial charge in [0.15, 0.2) is 0 Å². The van der Waals surface area contributed by atoms with Gasteiger partial charge >= 0.3 is 6.03 Å². The summed E-state index contributed by atoms with van der Waals surface area (Å²) in [7, 11) is 1.78. The second-order valence-corrected chi connectivity index (χ2v) is 5.76. The molecule has 0 aromatic carbocycles. The van der Waals surface area contributed by atoms with Gasteiger partial charge in [0, 0.05) is 18.8 Å². The van der Waals surface area contributed by atoms with Crippen LogP contribution in [0.4, 0.5) is 4.79 Å². The highest BCUT2D eigenvalue weighted by Crippen LogP contribution is 2.29. The van der Waals surface area contributed by atoms with Gasteiger partial charge in [0.1, 0.15) is 5.54 Å². The minimum absolute atomic E-state index is 0.248. The van der Waals surface area contributed by atoms with Crippen molar-refractivity contribution in [2.24, 2.45) is 7.05 Å². The van der Waals surface area contributed by atoms with Crippen molar-refractivity contribution in [3.8, 4) is 0 Å². The minimum Gasteiger partial charge on any atom is -0.319 e. The molecule has 0 aliphatic carbocycles. The van der Waals surface area contributed by atoms with E-state index in [1.165, 1.54) is 4.90 Å². The van der Waals surface area contributed by atoms with Crippen molar-refractivity contribution in [2.75, 3.05) is 0 Å². The Morgan fingerprint density at radius 3 is 2.85 bits per heavy atom. The smallest absolute Gasteiger partial charge is 0.319 e. The van der Waals surface area contributed by atoms with Gasteiger partial charge in [-0.05, 0) is 29.3 Å². The lowest BCUT2D eigenvalue weighted by Crippen LogP contribution is -2.40. The lowest BCUT2D eigenvalue weighted by atomic mass is 9.95. The Hall–Kier alpha value is -2.15. The molecule has 3 rings (SSSR count). The summed E-state index contributed by atoms with van der Waals surface area (Å²) in [5.74, 6) is -0.248. The van der Waals surface area contributed by atoms with Gasteiger partial charge in [0.25, 0.3) is 5.91 Å². The number of urea groups is 1. The van der Waals surface area contributed by atoms with Crippen LogP contribution < -0.4 is 5.32 Å². The predicted molar refractivity (Wildman–Crippen MR) is 74.0 cm³/mol. The molecule has 0 spiro atoms. The predicted octanol–water partition coefficient (Wildman–Crippen LogP) is 1.45. The van der Waals surface area contributed by atoms with Gasteiger partial charge in [-0.2, -0.15) is 16.4 Å². The number of hydrogen-bond donors (Lipinski definition) is 1. The van der Waals surface area contributed by atoms with E-state index in [2.05, 4.69) is 10.4 Å². The van der Waals surface area contributed by atoms with E-state index in [0.29, 0.717) is 12.1 Å². The number of carbonyl (C=O) groups is 2. The third-order valence-electron chi connectivity index (χ3n) is 3.48. The van der Waals surface area contributed by atoms with Crippen molar-refractivity contribution in [1.29, 1.82) is 0 Å². The Labute approximate surface area is 120 Å². The van der Waals surface area contributed by atoms with Gasteiger partial charge in [-0.1, -0.05) is 0 Å². The maximum absolute atomic E-state index is 12.6. The van der Waals surface area contributed by atoms with E-state index in [4.69, 9.17) is 0 Å². The number of nitrogens with zero attached hydrogens (tertiary/aromatic N) is 3. The third-order valence-corrected chi connectivity index (χ3v) is 4.21. The monoisotopic (exact) mass is 290 g/mol. The maximum Gasteiger partial charge on any atom is 0.325 e. The molecular formula is C13H14N4O2S. The normalized spacial score (nSPS) is 22.4. The Bertz CT molecular complexity index is 664. The second-order valence-electron chi connectivity index (χ2n) is 4.98. The number of aromatic nitrogens is 2. The summed E-state index contributed by atoms with van der Waals surface area (Å²) in [6.45, 7) is 2.00. The summed E-state index contributed by atoms with van der Waals surface area (Å²) in [6, 6.07) is 1.54. The number of amides is 3. The van der Waals surface area contributed by atoms with Crippen LogP contribution in [0.25, 0.3) is 0 Å². The van der Waals surface area contributed by atoms with Gasteiger partial charge in [0.2, 0.25) is 0 Å². The molecule has 2 aromatic heterocycles. The van der Waals surface area contributed by atoms with E-state index >= 15 is 0 Å². The van der Waals surface area contributed by atoms with E-state index < -0.39 is 5.54 Å². The average molecular weight is 290 g/mol. The molecule has 20 heavy (non-hydrogen) atoms. The Kier molecular flexibility index (Phi) is 2.86. The molecule has 1 aliphatic rings.